The summed E-state index contributed by atoms with van der Waals surface area (Å²) in [7, 11) is 5.57. The molecule has 0 aliphatic carbocycles. The molecule has 9 heteroatoms. The fraction of sp³-hybridized carbons (Fsp3) is 0.222. The van der Waals surface area contributed by atoms with Gasteiger partial charge in [0, 0.05) is 12.7 Å². The van der Waals surface area contributed by atoms with E-state index in [-0.39, 0.29) is 17.2 Å². The standard InChI is InChI=1S/C27H28N2O7/c1-33-22-13-12-18(17-23(22)34-2)14-15-28-25(30)19-9-5-6-11-21(19)29-16-8-7-10-20(26(31)35-3)24(29)27(32)36-4/h5-13,16-17H,14-15H2,1-4H3,(H,28,30). The van der Waals surface area contributed by atoms with Crippen molar-refractivity contribution in [1.29, 1.82) is 0 Å². The number of benzene rings is 2. The lowest BCUT2D eigenvalue weighted by atomic mass is 10.1. The first-order chi connectivity index (χ1) is 17.4. The Kier molecular flexibility index (Phi) is 8.88. The quantitative estimate of drug-likeness (QED) is 0.533. The molecule has 0 saturated carbocycles. The number of carbonyl (C=O) groups excluding carboxylic acids is 3. The molecular weight excluding hydrogens is 464 g/mol. The molecule has 3 rings (SSSR count). The zero-order valence-electron chi connectivity index (χ0n) is 20.6. The molecule has 0 unspecified atom stereocenters. The molecule has 0 spiro atoms. The third kappa shape index (κ3) is 5.75. The Morgan fingerprint density at radius 3 is 2.28 bits per heavy atom. The number of esters is 2. The summed E-state index contributed by atoms with van der Waals surface area (Å²) in [6.45, 7) is 0.354. The minimum absolute atomic E-state index is 0.00184. The average molecular weight is 493 g/mol. The van der Waals surface area contributed by atoms with Crippen molar-refractivity contribution in [3.05, 3.63) is 89.3 Å². The first-order valence-corrected chi connectivity index (χ1v) is 11.1. The molecule has 2 aromatic rings. The maximum atomic E-state index is 13.2. The summed E-state index contributed by atoms with van der Waals surface area (Å²) in [6.07, 6.45) is 6.84. The van der Waals surface area contributed by atoms with Crippen LogP contribution in [0.15, 0.2) is 78.2 Å². The first kappa shape index (κ1) is 26.1. The summed E-state index contributed by atoms with van der Waals surface area (Å²) < 4.78 is 20.4. The Morgan fingerprint density at radius 1 is 0.861 bits per heavy atom. The zero-order chi connectivity index (χ0) is 26.1. The summed E-state index contributed by atoms with van der Waals surface area (Å²) in [4.78, 5) is 39.8. The highest BCUT2D eigenvalue weighted by Gasteiger charge is 2.29. The normalized spacial score (nSPS) is 12.6. The monoisotopic (exact) mass is 492 g/mol. The number of carbonyl (C=O) groups is 3. The Morgan fingerprint density at radius 2 is 1.58 bits per heavy atom. The molecule has 188 valence electrons. The van der Waals surface area contributed by atoms with Gasteiger partial charge in [-0.15, -0.1) is 0 Å². The van der Waals surface area contributed by atoms with Crippen LogP contribution in [-0.2, 0) is 25.5 Å². The van der Waals surface area contributed by atoms with E-state index >= 15 is 0 Å². The van der Waals surface area contributed by atoms with Crippen LogP contribution in [-0.4, -0.2) is 52.8 Å². The van der Waals surface area contributed by atoms with Crippen LogP contribution in [0.5, 0.6) is 11.5 Å². The van der Waals surface area contributed by atoms with Crippen LogP contribution in [0.1, 0.15) is 15.9 Å². The van der Waals surface area contributed by atoms with E-state index in [9.17, 15) is 14.4 Å². The lowest BCUT2D eigenvalue weighted by Gasteiger charge is -2.25. The molecular formula is C27H28N2O7. The average Bonchev–Trinajstić information content (AvgIpc) is 3.15. The maximum Gasteiger partial charge on any atom is 0.355 e. The Balaban J connectivity index is 1.87. The largest absolute Gasteiger partial charge is 0.493 e. The van der Waals surface area contributed by atoms with Crippen LogP contribution in [0.3, 0.4) is 0 Å². The van der Waals surface area contributed by atoms with Crippen molar-refractivity contribution >= 4 is 23.5 Å². The van der Waals surface area contributed by atoms with Crippen LogP contribution in [0.4, 0.5) is 5.69 Å². The highest BCUT2D eigenvalue weighted by molar-refractivity contribution is 6.07. The minimum Gasteiger partial charge on any atom is -0.493 e. The molecule has 9 nitrogen and oxygen atoms in total. The van der Waals surface area contributed by atoms with Gasteiger partial charge in [-0.25, -0.2) is 9.59 Å². The number of hydrogen-bond acceptors (Lipinski definition) is 8. The van der Waals surface area contributed by atoms with Gasteiger partial charge in [-0.1, -0.05) is 24.3 Å². The predicted octanol–water partition coefficient (Wildman–Crippen LogP) is 3.17. The summed E-state index contributed by atoms with van der Waals surface area (Å²) >= 11 is 0. The van der Waals surface area contributed by atoms with E-state index in [1.54, 1.807) is 56.8 Å². The van der Waals surface area contributed by atoms with Crippen molar-refractivity contribution in [1.82, 2.24) is 5.32 Å². The van der Waals surface area contributed by atoms with Crippen molar-refractivity contribution in [3.8, 4) is 11.5 Å². The van der Waals surface area contributed by atoms with E-state index in [0.29, 0.717) is 35.7 Å². The van der Waals surface area contributed by atoms with Crippen LogP contribution in [0.2, 0.25) is 0 Å². The van der Waals surface area contributed by atoms with E-state index in [1.807, 2.05) is 18.2 Å². The van der Waals surface area contributed by atoms with Crippen molar-refractivity contribution in [3.63, 3.8) is 0 Å². The van der Waals surface area contributed by atoms with E-state index in [2.05, 4.69) is 5.32 Å². The van der Waals surface area contributed by atoms with E-state index in [0.717, 1.165) is 5.56 Å². The van der Waals surface area contributed by atoms with Gasteiger partial charge in [0.2, 0.25) is 0 Å². The second-order valence-electron chi connectivity index (χ2n) is 7.53. The number of allylic oxidation sites excluding steroid dienone is 2. The van der Waals surface area contributed by atoms with Crippen LogP contribution in [0.25, 0.3) is 0 Å². The third-order valence-corrected chi connectivity index (χ3v) is 5.44. The lowest BCUT2D eigenvalue weighted by Crippen LogP contribution is -2.31. The smallest absolute Gasteiger partial charge is 0.355 e. The molecule has 0 radical (unpaired) electrons. The number of anilines is 1. The molecule has 0 bridgehead atoms. The lowest BCUT2D eigenvalue weighted by molar-refractivity contribution is -0.139. The molecule has 36 heavy (non-hydrogen) atoms. The van der Waals surface area contributed by atoms with Crippen LogP contribution < -0.4 is 19.7 Å². The van der Waals surface area contributed by atoms with Crippen LogP contribution in [0, 0.1) is 0 Å². The number of hydrogen-bond donors (Lipinski definition) is 1. The summed E-state index contributed by atoms with van der Waals surface area (Å²) in [5, 5.41) is 2.91. The zero-order valence-corrected chi connectivity index (χ0v) is 20.6. The Bertz CT molecular complexity index is 1230. The van der Waals surface area contributed by atoms with Gasteiger partial charge in [0.15, 0.2) is 11.5 Å². The molecule has 1 N–H and O–H groups in total. The summed E-state index contributed by atoms with van der Waals surface area (Å²) in [5.74, 6) is -0.579. The molecule has 1 aliphatic heterocycles. The SMILES string of the molecule is COC(=O)C1=C(C(=O)OC)N(c2ccccc2C(=O)NCCc2ccc(OC)c(OC)c2)C=CC=C1. The molecule has 1 amide bonds. The Hall–Kier alpha value is -4.53. The highest BCUT2D eigenvalue weighted by Crippen LogP contribution is 2.30. The topological polar surface area (TPSA) is 103 Å². The number of methoxy groups -OCH3 is 4. The minimum atomic E-state index is -0.754. The van der Waals surface area contributed by atoms with Crippen molar-refractivity contribution in [2.24, 2.45) is 0 Å². The predicted molar refractivity (Wildman–Crippen MR) is 134 cm³/mol. The molecule has 0 atom stereocenters. The van der Waals surface area contributed by atoms with E-state index in [4.69, 9.17) is 18.9 Å². The van der Waals surface area contributed by atoms with Gasteiger partial charge in [-0.2, -0.15) is 0 Å². The van der Waals surface area contributed by atoms with E-state index < -0.39 is 11.9 Å². The molecule has 0 saturated heterocycles. The highest BCUT2D eigenvalue weighted by atomic mass is 16.5. The van der Waals surface area contributed by atoms with Gasteiger partial charge in [0.05, 0.1) is 45.3 Å². The number of nitrogens with zero attached hydrogens (tertiary/aromatic N) is 1. The van der Waals surface area contributed by atoms with Gasteiger partial charge >= 0.3 is 11.9 Å². The fourth-order valence-electron chi connectivity index (χ4n) is 3.68. The van der Waals surface area contributed by atoms with Gasteiger partial charge in [0.25, 0.3) is 5.91 Å². The van der Waals surface area contributed by atoms with Crippen LogP contribution >= 0.6 is 0 Å². The summed E-state index contributed by atoms with van der Waals surface area (Å²) in [6, 6.07) is 12.3. The van der Waals surface area contributed by atoms with Gasteiger partial charge in [-0.05, 0) is 48.4 Å². The number of ether oxygens (including phenoxy) is 4. The molecule has 1 heterocycles. The Labute approximate surface area is 209 Å². The number of nitrogens with one attached hydrogen (secondary N) is 1. The number of para-hydroxylation sites is 1. The number of rotatable bonds is 9. The summed E-state index contributed by atoms with van der Waals surface area (Å²) in [5.41, 5.74) is 1.59. The van der Waals surface area contributed by atoms with Crippen molar-refractivity contribution in [2.45, 2.75) is 6.42 Å². The maximum absolute atomic E-state index is 13.2. The van der Waals surface area contributed by atoms with E-state index in [1.165, 1.54) is 25.2 Å². The second-order valence-corrected chi connectivity index (χ2v) is 7.53. The van der Waals surface area contributed by atoms with Gasteiger partial charge < -0.3 is 29.2 Å². The van der Waals surface area contributed by atoms with Gasteiger partial charge in [-0.3, -0.25) is 4.79 Å². The van der Waals surface area contributed by atoms with Crippen molar-refractivity contribution in [2.75, 3.05) is 39.9 Å². The second kappa shape index (κ2) is 12.3. The molecule has 0 fully saturated rings. The van der Waals surface area contributed by atoms with Gasteiger partial charge in [0.1, 0.15) is 5.70 Å². The molecule has 1 aliphatic rings. The van der Waals surface area contributed by atoms with Crippen molar-refractivity contribution < 1.29 is 33.3 Å². The number of amides is 1. The fourth-order valence-corrected chi connectivity index (χ4v) is 3.68. The molecule has 2 aromatic carbocycles. The first-order valence-electron chi connectivity index (χ1n) is 11.1. The molecule has 0 aromatic heterocycles. The third-order valence-electron chi connectivity index (χ3n) is 5.44.